The maximum atomic E-state index is 5.55. The van der Waals surface area contributed by atoms with E-state index in [0.29, 0.717) is 6.04 Å². The summed E-state index contributed by atoms with van der Waals surface area (Å²) >= 11 is 1.81. The molecule has 4 rings (SSSR count). The molecule has 3 aromatic rings. The Kier molecular flexibility index (Phi) is 7.56. The number of hydrogen-bond donors (Lipinski definition) is 2. The smallest absolute Gasteiger partial charge is 0.191 e. The molecule has 1 saturated heterocycles. The Morgan fingerprint density at radius 2 is 2.03 bits per heavy atom. The molecule has 1 fully saturated rings. The van der Waals surface area contributed by atoms with E-state index in [4.69, 9.17) is 9.73 Å². The van der Waals surface area contributed by atoms with Gasteiger partial charge in [-0.1, -0.05) is 18.2 Å². The highest BCUT2D eigenvalue weighted by atomic mass is 32.1. The number of thiophene rings is 1. The Morgan fingerprint density at radius 1 is 1.19 bits per heavy atom. The predicted octanol–water partition coefficient (Wildman–Crippen LogP) is 3.03. The largest absolute Gasteiger partial charge is 0.379 e. The van der Waals surface area contributed by atoms with Gasteiger partial charge in [0.25, 0.3) is 0 Å². The molecule has 1 unspecified atom stereocenters. The first kappa shape index (κ1) is 21.8. The predicted molar refractivity (Wildman–Crippen MR) is 128 cm³/mol. The summed E-state index contributed by atoms with van der Waals surface area (Å²) in [7, 11) is 0. The van der Waals surface area contributed by atoms with Crippen LogP contribution in [0.5, 0.6) is 0 Å². The zero-order chi connectivity index (χ0) is 21.5. The lowest BCUT2D eigenvalue weighted by Gasteiger charge is -2.33. The molecule has 0 radical (unpaired) electrons. The quantitative estimate of drug-likeness (QED) is 0.416. The molecule has 7 nitrogen and oxygen atoms in total. The highest BCUT2D eigenvalue weighted by molar-refractivity contribution is 7.10. The van der Waals surface area contributed by atoms with Gasteiger partial charge in [0.05, 0.1) is 36.8 Å². The van der Waals surface area contributed by atoms with E-state index in [9.17, 15) is 0 Å². The average molecular weight is 441 g/mol. The second kappa shape index (κ2) is 10.7. The molecule has 0 aliphatic carbocycles. The van der Waals surface area contributed by atoms with Crippen LogP contribution in [0.25, 0.3) is 11.0 Å². The number of nitrogens with one attached hydrogen (secondary N) is 2. The zero-order valence-corrected chi connectivity index (χ0v) is 19.2. The number of nitrogens with zero attached hydrogens (tertiary/aromatic N) is 4. The van der Waals surface area contributed by atoms with Crippen molar-refractivity contribution in [3.63, 3.8) is 0 Å². The summed E-state index contributed by atoms with van der Waals surface area (Å²) in [5.74, 6) is 1.90. The molecular weight excluding hydrogens is 408 g/mol. The van der Waals surface area contributed by atoms with Crippen LogP contribution in [0, 0.1) is 6.92 Å². The summed E-state index contributed by atoms with van der Waals surface area (Å²) in [5, 5.41) is 9.04. The van der Waals surface area contributed by atoms with Crippen LogP contribution < -0.4 is 10.6 Å². The van der Waals surface area contributed by atoms with E-state index in [0.717, 1.165) is 69.8 Å². The Morgan fingerprint density at radius 3 is 2.81 bits per heavy atom. The third-order valence-corrected chi connectivity index (χ3v) is 6.57. The van der Waals surface area contributed by atoms with Crippen molar-refractivity contribution in [2.24, 2.45) is 4.99 Å². The van der Waals surface area contributed by atoms with Crippen LogP contribution in [0.3, 0.4) is 0 Å². The molecule has 166 valence electrons. The van der Waals surface area contributed by atoms with E-state index >= 15 is 0 Å². The summed E-state index contributed by atoms with van der Waals surface area (Å²) < 4.78 is 7.81. The van der Waals surface area contributed by atoms with Crippen molar-refractivity contribution >= 4 is 28.3 Å². The van der Waals surface area contributed by atoms with Gasteiger partial charge in [-0.05, 0) is 37.4 Å². The Balaban J connectivity index is 1.41. The number of guanidine groups is 1. The molecule has 0 bridgehead atoms. The zero-order valence-electron chi connectivity index (χ0n) is 18.4. The molecule has 0 spiro atoms. The van der Waals surface area contributed by atoms with Crippen LogP contribution in [0.15, 0.2) is 46.8 Å². The number of aryl methyl sites for hydroxylation is 1. The van der Waals surface area contributed by atoms with Crippen molar-refractivity contribution < 1.29 is 4.74 Å². The average Bonchev–Trinajstić information content (AvgIpc) is 3.43. The number of fused-ring (bicyclic) bond motifs is 1. The van der Waals surface area contributed by atoms with Gasteiger partial charge in [0, 0.05) is 37.6 Å². The summed E-state index contributed by atoms with van der Waals surface area (Å²) in [6.45, 7) is 10.8. The number of ether oxygens (including phenoxy) is 1. The van der Waals surface area contributed by atoms with Crippen molar-refractivity contribution in [1.82, 2.24) is 25.1 Å². The van der Waals surface area contributed by atoms with E-state index in [2.05, 4.69) is 74.6 Å². The number of morpholine rings is 1. The first-order chi connectivity index (χ1) is 15.3. The van der Waals surface area contributed by atoms with Crippen molar-refractivity contribution in [2.75, 3.05) is 45.9 Å². The maximum Gasteiger partial charge on any atom is 0.191 e. The van der Waals surface area contributed by atoms with Gasteiger partial charge in [0.2, 0.25) is 0 Å². The minimum atomic E-state index is 0.291. The molecule has 31 heavy (non-hydrogen) atoms. The van der Waals surface area contributed by atoms with Crippen LogP contribution in [-0.4, -0.2) is 66.3 Å². The number of aliphatic imine (C=N–C) groups is 1. The van der Waals surface area contributed by atoms with Crippen LogP contribution >= 0.6 is 11.3 Å². The lowest BCUT2D eigenvalue weighted by molar-refractivity contribution is 0.0186. The minimum Gasteiger partial charge on any atom is -0.379 e. The highest BCUT2D eigenvalue weighted by Crippen LogP contribution is 2.26. The molecule has 0 saturated carbocycles. The van der Waals surface area contributed by atoms with Crippen molar-refractivity contribution in [1.29, 1.82) is 0 Å². The maximum absolute atomic E-state index is 5.55. The number of aromatic nitrogens is 2. The molecule has 8 heteroatoms. The fourth-order valence-corrected chi connectivity index (χ4v) is 4.89. The van der Waals surface area contributed by atoms with Gasteiger partial charge in [-0.25, -0.2) is 4.98 Å². The number of benzene rings is 1. The first-order valence-electron chi connectivity index (χ1n) is 11.1. The minimum absolute atomic E-state index is 0.291. The molecule has 0 amide bonds. The highest BCUT2D eigenvalue weighted by Gasteiger charge is 2.23. The van der Waals surface area contributed by atoms with Gasteiger partial charge in [-0.3, -0.25) is 9.89 Å². The van der Waals surface area contributed by atoms with Crippen molar-refractivity contribution in [3.8, 4) is 0 Å². The van der Waals surface area contributed by atoms with E-state index in [1.165, 1.54) is 10.4 Å². The summed E-state index contributed by atoms with van der Waals surface area (Å²) in [6.07, 6.45) is 0. The molecule has 1 atom stereocenters. The van der Waals surface area contributed by atoms with E-state index in [1.807, 2.05) is 6.07 Å². The third-order valence-electron chi connectivity index (χ3n) is 5.60. The fraction of sp³-hybridized carbons (Fsp3) is 0.478. The number of para-hydroxylation sites is 2. The lowest BCUT2D eigenvalue weighted by atomic mass is 10.2. The second-order valence-corrected chi connectivity index (χ2v) is 8.60. The number of hydrogen-bond acceptors (Lipinski definition) is 5. The van der Waals surface area contributed by atoms with Crippen LogP contribution in [0.1, 0.15) is 23.7 Å². The SMILES string of the molecule is CCNC(=NCC(c1cccs1)N1CCOCC1)NCCn1c(C)nc2ccccc21. The molecule has 1 aromatic carbocycles. The molecule has 1 aliphatic heterocycles. The topological polar surface area (TPSA) is 66.7 Å². The van der Waals surface area contributed by atoms with Crippen molar-refractivity contribution in [3.05, 3.63) is 52.5 Å². The Hall–Kier alpha value is -2.42. The van der Waals surface area contributed by atoms with Crippen molar-refractivity contribution in [2.45, 2.75) is 26.4 Å². The summed E-state index contributed by atoms with van der Waals surface area (Å²) in [4.78, 5) is 13.5. The standard InChI is InChI=1S/C23H32N6OS/c1-3-24-23(25-10-11-29-18(2)27-19-7-4-5-8-20(19)29)26-17-21(22-9-6-16-31-22)28-12-14-30-15-13-28/h4-9,16,21H,3,10-15,17H2,1-2H3,(H2,24,25,26). The first-order valence-corrected chi connectivity index (χ1v) is 11.9. The van der Waals surface area contributed by atoms with E-state index in [1.54, 1.807) is 11.3 Å². The summed E-state index contributed by atoms with van der Waals surface area (Å²) in [6, 6.07) is 12.9. The fourth-order valence-electron chi connectivity index (χ4n) is 4.04. The van der Waals surface area contributed by atoms with Gasteiger partial charge in [0.15, 0.2) is 5.96 Å². The monoisotopic (exact) mass is 440 g/mol. The van der Waals surface area contributed by atoms with E-state index in [-0.39, 0.29) is 0 Å². The van der Waals surface area contributed by atoms with Gasteiger partial charge >= 0.3 is 0 Å². The lowest BCUT2D eigenvalue weighted by Crippen LogP contribution is -2.42. The van der Waals surface area contributed by atoms with E-state index < -0.39 is 0 Å². The van der Waals surface area contributed by atoms with Crippen LogP contribution in [0.2, 0.25) is 0 Å². The van der Waals surface area contributed by atoms with Gasteiger partial charge in [-0.15, -0.1) is 11.3 Å². The third kappa shape index (κ3) is 5.44. The Labute approximate surface area is 188 Å². The number of imidazole rings is 1. The normalized spacial score (nSPS) is 16.5. The molecule has 3 heterocycles. The van der Waals surface area contributed by atoms with Crippen LogP contribution in [-0.2, 0) is 11.3 Å². The van der Waals surface area contributed by atoms with Gasteiger partial charge in [-0.2, -0.15) is 0 Å². The van der Waals surface area contributed by atoms with Gasteiger partial charge < -0.3 is 19.9 Å². The Bertz CT molecular complexity index is 977. The number of rotatable bonds is 8. The molecule has 2 N–H and O–H groups in total. The molecule has 1 aliphatic rings. The summed E-state index contributed by atoms with van der Waals surface area (Å²) in [5.41, 5.74) is 2.22. The van der Waals surface area contributed by atoms with Crippen LogP contribution in [0.4, 0.5) is 0 Å². The van der Waals surface area contributed by atoms with Gasteiger partial charge in [0.1, 0.15) is 5.82 Å². The second-order valence-electron chi connectivity index (χ2n) is 7.63. The molecule has 2 aromatic heterocycles. The molecular formula is C23H32N6OS.